The van der Waals surface area contributed by atoms with E-state index in [0.29, 0.717) is 5.25 Å². The monoisotopic (exact) mass is 272 g/mol. The number of aromatic carboxylic acids is 1. The lowest BCUT2D eigenvalue weighted by Crippen LogP contribution is -2.19. The summed E-state index contributed by atoms with van der Waals surface area (Å²) in [6, 6.07) is 0. The van der Waals surface area contributed by atoms with E-state index in [1.807, 2.05) is 11.8 Å². The number of hydrogen-bond acceptors (Lipinski definition) is 5. The van der Waals surface area contributed by atoms with E-state index in [9.17, 15) is 4.79 Å². The molecule has 0 bridgehead atoms. The molecule has 2 heterocycles. The van der Waals surface area contributed by atoms with Gasteiger partial charge in [-0.05, 0) is 25.5 Å². The van der Waals surface area contributed by atoms with Crippen LogP contribution >= 0.6 is 23.1 Å². The predicted molar refractivity (Wildman–Crippen MR) is 72.4 cm³/mol. The van der Waals surface area contributed by atoms with E-state index in [4.69, 9.17) is 5.11 Å². The average molecular weight is 272 g/mol. The molecule has 17 heavy (non-hydrogen) atoms. The smallest absolute Gasteiger partial charge is 0.355 e. The third-order valence-corrected chi connectivity index (χ3v) is 5.08. The molecule has 1 saturated heterocycles. The van der Waals surface area contributed by atoms with Crippen molar-refractivity contribution >= 4 is 34.2 Å². The Morgan fingerprint density at radius 2 is 2.41 bits per heavy atom. The largest absolute Gasteiger partial charge is 0.476 e. The molecule has 4 nitrogen and oxygen atoms in total. The molecule has 1 aliphatic heterocycles. The number of aromatic nitrogens is 1. The summed E-state index contributed by atoms with van der Waals surface area (Å²) in [4.78, 5) is 15.7. The minimum Gasteiger partial charge on any atom is -0.476 e. The van der Waals surface area contributed by atoms with Crippen LogP contribution in [-0.4, -0.2) is 33.6 Å². The second-order valence-corrected chi connectivity index (χ2v) is 6.71. The van der Waals surface area contributed by atoms with Crippen molar-refractivity contribution in [3.63, 3.8) is 0 Å². The standard InChI is InChI=1S/C11H16N2O2S2/c1-7-9(10(14)15)13-11(17-7)12-6-8-4-2-3-5-16-8/h8H,2-6H2,1H3,(H,12,13)(H,14,15). The number of rotatable bonds is 4. The van der Waals surface area contributed by atoms with Crippen LogP contribution in [0.25, 0.3) is 0 Å². The predicted octanol–water partition coefficient (Wildman–Crippen LogP) is 2.85. The quantitative estimate of drug-likeness (QED) is 0.882. The highest BCUT2D eigenvalue weighted by Gasteiger charge is 2.16. The second kappa shape index (κ2) is 5.73. The van der Waals surface area contributed by atoms with Crippen LogP contribution in [0.4, 0.5) is 5.13 Å². The Morgan fingerprint density at radius 3 is 3.00 bits per heavy atom. The molecule has 0 aromatic carbocycles. The van der Waals surface area contributed by atoms with Crippen molar-refractivity contribution in [1.82, 2.24) is 4.98 Å². The van der Waals surface area contributed by atoms with Gasteiger partial charge in [0.1, 0.15) is 0 Å². The third-order valence-electron chi connectivity index (χ3n) is 2.75. The molecule has 1 atom stereocenters. The van der Waals surface area contributed by atoms with Crippen LogP contribution in [0.3, 0.4) is 0 Å². The minimum absolute atomic E-state index is 0.175. The van der Waals surface area contributed by atoms with Gasteiger partial charge in [0.15, 0.2) is 10.8 Å². The Morgan fingerprint density at radius 1 is 1.59 bits per heavy atom. The van der Waals surface area contributed by atoms with E-state index in [-0.39, 0.29) is 5.69 Å². The van der Waals surface area contributed by atoms with Crippen molar-refractivity contribution in [2.24, 2.45) is 0 Å². The van der Waals surface area contributed by atoms with Gasteiger partial charge in [0, 0.05) is 16.7 Å². The van der Waals surface area contributed by atoms with Gasteiger partial charge in [0.2, 0.25) is 0 Å². The number of carboxylic acids is 1. The molecule has 0 spiro atoms. The van der Waals surface area contributed by atoms with Crippen LogP contribution in [0.2, 0.25) is 0 Å². The number of thioether (sulfide) groups is 1. The summed E-state index contributed by atoms with van der Waals surface area (Å²) in [6.45, 7) is 2.68. The number of thiazole rings is 1. The zero-order valence-electron chi connectivity index (χ0n) is 9.73. The summed E-state index contributed by atoms with van der Waals surface area (Å²) in [5, 5.41) is 13.5. The van der Waals surface area contributed by atoms with E-state index in [0.717, 1.165) is 16.6 Å². The van der Waals surface area contributed by atoms with Crippen LogP contribution in [0.1, 0.15) is 34.6 Å². The van der Waals surface area contributed by atoms with E-state index >= 15 is 0 Å². The molecule has 94 valence electrons. The lowest BCUT2D eigenvalue weighted by molar-refractivity contribution is 0.0690. The fourth-order valence-electron chi connectivity index (χ4n) is 1.84. The number of hydrogen-bond donors (Lipinski definition) is 2. The SMILES string of the molecule is Cc1sc(NCC2CCCCS2)nc1C(=O)O. The van der Waals surface area contributed by atoms with Crippen molar-refractivity contribution in [3.8, 4) is 0 Å². The van der Waals surface area contributed by atoms with Gasteiger partial charge in [-0.3, -0.25) is 0 Å². The topological polar surface area (TPSA) is 62.2 Å². The number of carbonyl (C=O) groups is 1. The molecule has 1 fully saturated rings. The van der Waals surface area contributed by atoms with Gasteiger partial charge in [-0.2, -0.15) is 11.8 Å². The summed E-state index contributed by atoms with van der Waals surface area (Å²) in [6.07, 6.45) is 3.87. The fourth-order valence-corrected chi connectivity index (χ4v) is 3.89. The van der Waals surface area contributed by atoms with Crippen molar-refractivity contribution in [2.45, 2.75) is 31.4 Å². The number of nitrogens with zero attached hydrogens (tertiary/aromatic N) is 1. The average Bonchev–Trinajstić information content (AvgIpc) is 2.69. The number of anilines is 1. The Kier molecular flexibility index (Phi) is 4.28. The van der Waals surface area contributed by atoms with Crippen LogP contribution in [0.5, 0.6) is 0 Å². The molecule has 1 aromatic rings. The lowest BCUT2D eigenvalue weighted by Gasteiger charge is -2.21. The Bertz CT molecular complexity index is 400. The first-order valence-electron chi connectivity index (χ1n) is 5.73. The van der Waals surface area contributed by atoms with Gasteiger partial charge in [-0.1, -0.05) is 6.42 Å². The van der Waals surface area contributed by atoms with Crippen LogP contribution in [0, 0.1) is 6.92 Å². The molecule has 0 saturated carbocycles. The van der Waals surface area contributed by atoms with Crippen LogP contribution < -0.4 is 5.32 Å². The normalized spacial score (nSPS) is 20.2. The fraction of sp³-hybridized carbons (Fsp3) is 0.636. The van der Waals surface area contributed by atoms with Gasteiger partial charge >= 0.3 is 5.97 Å². The number of aryl methyl sites for hydroxylation is 1. The maximum Gasteiger partial charge on any atom is 0.355 e. The highest BCUT2D eigenvalue weighted by atomic mass is 32.2. The van der Waals surface area contributed by atoms with Gasteiger partial charge in [-0.15, -0.1) is 11.3 Å². The van der Waals surface area contributed by atoms with E-state index in [1.54, 1.807) is 6.92 Å². The summed E-state index contributed by atoms with van der Waals surface area (Å²) in [7, 11) is 0. The summed E-state index contributed by atoms with van der Waals surface area (Å²) in [5.41, 5.74) is 0.175. The van der Waals surface area contributed by atoms with Gasteiger partial charge in [-0.25, -0.2) is 9.78 Å². The van der Waals surface area contributed by atoms with Crippen molar-refractivity contribution in [2.75, 3.05) is 17.6 Å². The lowest BCUT2D eigenvalue weighted by atomic mass is 10.2. The molecule has 1 aromatic heterocycles. The van der Waals surface area contributed by atoms with Crippen molar-refractivity contribution in [1.29, 1.82) is 0 Å². The minimum atomic E-state index is -0.946. The van der Waals surface area contributed by atoms with E-state index in [2.05, 4.69) is 10.3 Å². The maximum absolute atomic E-state index is 10.9. The first kappa shape index (κ1) is 12.7. The zero-order valence-corrected chi connectivity index (χ0v) is 11.4. The highest BCUT2D eigenvalue weighted by molar-refractivity contribution is 7.99. The van der Waals surface area contributed by atoms with Crippen molar-refractivity contribution < 1.29 is 9.90 Å². The highest BCUT2D eigenvalue weighted by Crippen LogP contribution is 2.27. The van der Waals surface area contributed by atoms with Crippen LogP contribution in [0.15, 0.2) is 0 Å². The summed E-state index contributed by atoms with van der Waals surface area (Å²) in [5.74, 6) is 0.294. The molecular formula is C11H16N2O2S2. The Hall–Kier alpha value is -0.750. The van der Waals surface area contributed by atoms with Gasteiger partial charge in [0.25, 0.3) is 0 Å². The number of nitrogens with one attached hydrogen (secondary N) is 1. The molecule has 1 aliphatic rings. The first-order chi connectivity index (χ1) is 8.16. The van der Waals surface area contributed by atoms with Crippen LogP contribution in [-0.2, 0) is 0 Å². The third kappa shape index (κ3) is 3.35. The second-order valence-electron chi connectivity index (χ2n) is 4.10. The molecular weight excluding hydrogens is 256 g/mol. The van der Waals surface area contributed by atoms with Gasteiger partial charge < -0.3 is 10.4 Å². The summed E-state index contributed by atoms with van der Waals surface area (Å²) < 4.78 is 0. The molecule has 1 unspecified atom stereocenters. The Labute approximate surface area is 109 Å². The molecule has 0 amide bonds. The van der Waals surface area contributed by atoms with Crippen molar-refractivity contribution in [3.05, 3.63) is 10.6 Å². The summed E-state index contributed by atoms with van der Waals surface area (Å²) >= 11 is 3.42. The molecule has 2 N–H and O–H groups in total. The molecule has 6 heteroatoms. The van der Waals surface area contributed by atoms with Gasteiger partial charge in [0.05, 0.1) is 0 Å². The van der Waals surface area contributed by atoms with E-state index < -0.39 is 5.97 Å². The molecule has 0 radical (unpaired) electrons. The number of carboxylic acid groups (broad SMARTS) is 1. The van der Waals surface area contributed by atoms with E-state index in [1.165, 1.54) is 36.4 Å². The first-order valence-corrected chi connectivity index (χ1v) is 7.59. The Balaban J connectivity index is 1.90. The molecule has 2 rings (SSSR count). The molecule has 0 aliphatic carbocycles. The maximum atomic E-state index is 10.9. The zero-order chi connectivity index (χ0) is 12.3.